The number of rotatable bonds is 10. The number of carbonyl (C=O) groups is 1. The number of unbranched alkanes of at least 4 members (excludes halogenated alkanes) is 1. The van der Waals surface area contributed by atoms with Crippen LogP contribution in [-0.2, 0) is 11.3 Å². The van der Waals surface area contributed by atoms with Gasteiger partial charge in [0, 0.05) is 12.6 Å². The standard InChI is InChI=1S/C21H29BN2O4/c23-21(20(25)26,10-3-4-11-22(27)28)17-12-18(13-17)24-14-16-8-5-7-15-6-1-2-9-19(15)16/h1-2,5-9,17-18,24,27-28H,3-4,10-14,23H2,(H,25,26)/t17-,18+,21?. The lowest BCUT2D eigenvalue weighted by Crippen LogP contribution is -2.61. The molecule has 28 heavy (non-hydrogen) atoms. The van der Waals surface area contributed by atoms with E-state index in [4.69, 9.17) is 15.8 Å². The molecule has 0 spiro atoms. The number of hydrogen-bond donors (Lipinski definition) is 5. The fourth-order valence-electron chi connectivity index (χ4n) is 4.14. The van der Waals surface area contributed by atoms with Crippen molar-refractivity contribution in [2.24, 2.45) is 11.7 Å². The largest absolute Gasteiger partial charge is 0.480 e. The number of carboxylic acids is 1. The van der Waals surface area contributed by atoms with Gasteiger partial charge in [-0.05, 0) is 47.8 Å². The van der Waals surface area contributed by atoms with E-state index in [1.54, 1.807) is 0 Å². The van der Waals surface area contributed by atoms with Gasteiger partial charge in [0.15, 0.2) is 0 Å². The number of benzene rings is 2. The van der Waals surface area contributed by atoms with Crippen LogP contribution >= 0.6 is 0 Å². The number of hydrogen-bond acceptors (Lipinski definition) is 5. The van der Waals surface area contributed by atoms with Crippen LogP contribution in [0.2, 0.25) is 6.32 Å². The van der Waals surface area contributed by atoms with Crippen molar-refractivity contribution >= 4 is 23.9 Å². The topological polar surface area (TPSA) is 116 Å². The molecule has 0 amide bonds. The van der Waals surface area contributed by atoms with Gasteiger partial charge in [-0.2, -0.15) is 0 Å². The van der Waals surface area contributed by atoms with Gasteiger partial charge >= 0.3 is 13.1 Å². The van der Waals surface area contributed by atoms with Crippen LogP contribution in [0.5, 0.6) is 0 Å². The molecule has 0 aliphatic heterocycles. The smallest absolute Gasteiger partial charge is 0.451 e. The Kier molecular flexibility index (Phi) is 6.72. The van der Waals surface area contributed by atoms with Crippen LogP contribution in [0.1, 0.15) is 37.7 Å². The average molecular weight is 384 g/mol. The normalized spacial score (nSPS) is 21.1. The molecule has 0 heterocycles. The van der Waals surface area contributed by atoms with Crippen LogP contribution in [0.15, 0.2) is 42.5 Å². The van der Waals surface area contributed by atoms with Gasteiger partial charge < -0.3 is 26.2 Å². The first-order valence-corrected chi connectivity index (χ1v) is 9.98. The molecule has 3 rings (SSSR count). The molecule has 2 aromatic carbocycles. The number of fused-ring (bicyclic) bond motifs is 1. The molecule has 1 saturated carbocycles. The van der Waals surface area contributed by atoms with E-state index in [9.17, 15) is 9.90 Å². The van der Waals surface area contributed by atoms with E-state index in [2.05, 4.69) is 35.6 Å². The molecule has 0 saturated heterocycles. The zero-order valence-corrected chi connectivity index (χ0v) is 16.1. The molecule has 1 fully saturated rings. The summed E-state index contributed by atoms with van der Waals surface area (Å²) in [6.45, 7) is 0.748. The Bertz CT molecular complexity index is 805. The van der Waals surface area contributed by atoms with Crippen molar-refractivity contribution in [1.82, 2.24) is 5.32 Å². The number of carboxylic acid groups (broad SMARTS) is 1. The second-order valence-corrected chi connectivity index (χ2v) is 7.96. The zero-order valence-electron chi connectivity index (χ0n) is 16.1. The van der Waals surface area contributed by atoms with E-state index in [-0.39, 0.29) is 18.3 Å². The molecule has 1 unspecified atom stereocenters. The molecule has 7 heteroatoms. The Morgan fingerprint density at radius 2 is 1.86 bits per heavy atom. The molecule has 1 aliphatic carbocycles. The van der Waals surface area contributed by atoms with E-state index in [0.717, 1.165) is 19.4 Å². The van der Waals surface area contributed by atoms with Gasteiger partial charge in [0.2, 0.25) is 0 Å². The summed E-state index contributed by atoms with van der Waals surface area (Å²) in [6.07, 6.45) is 3.22. The van der Waals surface area contributed by atoms with Crippen molar-refractivity contribution < 1.29 is 19.9 Å². The Morgan fingerprint density at radius 3 is 2.57 bits per heavy atom. The van der Waals surface area contributed by atoms with Crippen LogP contribution in [0.4, 0.5) is 0 Å². The van der Waals surface area contributed by atoms with Gasteiger partial charge in [-0.1, -0.05) is 55.3 Å². The maximum atomic E-state index is 11.8. The van der Waals surface area contributed by atoms with Crippen molar-refractivity contribution in [2.45, 2.75) is 56.5 Å². The molecular formula is C21H29BN2O4. The van der Waals surface area contributed by atoms with Gasteiger partial charge in [-0.25, -0.2) is 0 Å². The van der Waals surface area contributed by atoms with E-state index in [1.807, 2.05) is 12.1 Å². The van der Waals surface area contributed by atoms with Crippen molar-refractivity contribution in [3.05, 3.63) is 48.0 Å². The highest BCUT2D eigenvalue weighted by atomic mass is 16.4. The molecule has 6 N–H and O–H groups in total. The van der Waals surface area contributed by atoms with Gasteiger partial charge in [0.1, 0.15) is 5.54 Å². The lowest BCUT2D eigenvalue weighted by molar-refractivity contribution is -0.148. The highest BCUT2D eigenvalue weighted by Gasteiger charge is 2.48. The summed E-state index contributed by atoms with van der Waals surface area (Å²) in [4.78, 5) is 11.8. The van der Waals surface area contributed by atoms with E-state index in [0.29, 0.717) is 19.3 Å². The first-order valence-electron chi connectivity index (χ1n) is 9.98. The van der Waals surface area contributed by atoms with E-state index < -0.39 is 18.6 Å². The maximum Gasteiger partial charge on any atom is 0.451 e. The minimum absolute atomic E-state index is 0.0610. The predicted octanol–water partition coefficient (Wildman–Crippen LogP) is 2.13. The lowest BCUT2D eigenvalue weighted by atomic mass is 9.66. The number of aliphatic carboxylic acids is 1. The molecule has 0 radical (unpaired) electrons. The molecule has 1 atom stereocenters. The summed E-state index contributed by atoms with van der Waals surface area (Å²) < 4.78 is 0. The summed E-state index contributed by atoms with van der Waals surface area (Å²) in [5.41, 5.74) is 6.25. The fraction of sp³-hybridized carbons (Fsp3) is 0.476. The second-order valence-electron chi connectivity index (χ2n) is 7.96. The van der Waals surface area contributed by atoms with Gasteiger partial charge in [0.25, 0.3) is 0 Å². The summed E-state index contributed by atoms with van der Waals surface area (Å²) in [7, 11) is -1.34. The summed E-state index contributed by atoms with van der Waals surface area (Å²) in [5, 5.41) is 33.5. The van der Waals surface area contributed by atoms with Crippen molar-refractivity contribution in [1.29, 1.82) is 0 Å². The minimum Gasteiger partial charge on any atom is -0.480 e. The van der Waals surface area contributed by atoms with Crippen LogP contribution in [0.25, 0.3) is 10.8 Å². The van der Waals surface area contributed by atoms with E-state index >= 15 is 0 Å². The Hall–Kier alpha value is -1.93. The Balaban J connectivity index is 1.51. The highest BCUT2D eigenvalue weighted by molar-refractivity contribution is 6.40. The molecule has 6 nitrogen and oxygen atoms in total. The molecule has 2 aromatic rings. The van der Waals surface area contributed by atoms with Gasteiger partial charge in [-0.3, -0.25) is 4.79 Å². The van der Waals surface area contributed by atoms with Crippen molar-refractivity contribution in [3.63, 3.8) is 0 Å². The molecule has 1 aliphatic rings. The monoisotopic (exact) mass is 384 g/mol. The quantitative estimate of drug-likeness (QED) is 0.317. The predicted molar refractivity (Wildman–Crippen MR) is 111 cm³/mol. The molecule has 0 bridgehead atoms. The molecule has 0 aromatic heterocycles. The van der Waals surface area contributed by atoms with Crippen LogP contribution < -0.4 is 11.1 Å². The minimum atomic E-state index is -1.34. The van der Waals surface area contributed by atoms with Crippen molar-refractivity contribution in [3.8, 4) is 0 Å². The summed E-state index contributed by atoms with van der Waals surface area (Å²) in [5.74, 6) is -1.02. The molecular weight excluding hydrogens is 355 g/mol. The SMILES string of the molecule is NC(CCCCB(O)O)(C(=O)O)[C@H]1C[C@@H](NCc2cccc3ccccc23)C1. The first kappa shape index (κ1) is 20.8. The fourth-order valence-corrected chi connectivity index (χ4v) is 4.14. The molecule has 150 valence electrons. The third-order valence-corrected chi connectivity index (χ3v) is 6.03. The zero-order chi connectivity index (χ0) is 20.1. The average Bonchev–Trinajstić information content (AvgIpc) is 2.63. The first-order chi connectivity index (χ1) is 13.4. The lowest BCUT2D eigenvalue weighted by Gasteiger charge is -2.45. The van der Waals surface area contributed by atoms with Crippen LogP contribution in [0, 0.1) is 5.92 Å². The van der Waals surface area contributed by atoms with Gasteiger partial charge in [0.05, 0.1) is 0 Å². The number of nitrogens with one attached hydrogen (secondary N) is 1. The second kappa shape index (κ2) is 9.05. The number of nitrogens with two attached hydrogens (primary N) is 1. The van der Waals surface area contributed by atoms with Gasteiger partial charge in [-0.15, -0.1) is 0 Å². The Morgan fingerprint density at radius 1 is 1.14 bits per heavy atom. The third-order valence-electron chi connectivity index (χ3n) is 6.03. The summed E-state index contributed by atoms with van der Waals surface area (Å²) in [6, 6.07) is 14.8. The maximum absolute atomic E-state index is 11.8. The third kappa shape index (κ3) is 4.73. The van der Waals surface area contributed by atoms with E-state index in [1.165, 1.54) is 16.3 Å². The van der Waals surface area contributed by atoms with Crippen molar-refractivity contribution in [2.75, 3.05) is 0 Å². The summed E-state index contributed by atoms with van der Waals surface area (Å²) >= 11 is 0. The Labute approximate surface area is 165 Å². The van der Waals surface area contributed by atoms with Crippen LogP contribution in [0.3, 0.4) is 0 Å². The highest BCUT2D eigenvalue weighted by Crippen LogP contribution is 2.38. The van der Waals surface area contributed by atoms with Crippen LogP contribution in [-0.4, -0.2) is 39.8 Å².